The molecule has 4 rings (SSSR count). The third-order valence-electron chi connectivity index (χ3n) is 6.17. The van der Waals surface area contributed by atoms with Crippen molar-refractivity contribution < 1.29 is 14.4 Å². The first-order chi connectivity index (χ1) is 11.4. The highest BCUT2D eigenvalue weighted by Gasteiger charge is 2.51. The number of carbonyl (C=O) groups is 3. The molecular weight excluding hydrogens is 304 g/mol. The zero-order valence-electron chi connectivity index (χ0n) is 14.7. The van der Waals surface area contributed by atoms with Gasteiger partial charge in [-0.25, -0.2) is 0 Å². The summed E-state index contributed by atoms with van der Waals surface area (Å²) in [5, 5.41) is 5.70. The maximum absolute atomic E-state index is 12.3. The number of rotatable bonds is 8. The number of hydrogen-bond acceptors (Lipinski definition) is 3. The number of amides is 2. The zero-order chi connectivity index (χ0) is 17.2. The molecule has 0 atom stereocenters. The van der Waals surface area contributed by atoms with Gasteiger partial charge in [0.05, 0.1) is 0 Å². The summed E-state index contributed by atoms with van der Waals surface area (Å²) in [5.41, 5.74) is 0.267. The van der Waals surface area contributed by atoms with E-state index in [1.54, 1.807) is 0 Å². The van der Waals surface area contributed by atoms with Gasteiger partial charge in [0.15, 0.2) is 0 Å². The Morgan fingerprint density at radius 2 is 1.33 bits per heavy atom. The highest BCUT2D eigenvalue weighted by atomic mass is 16.2. The first-order valence-corrected chi connectivity index (χ1v) is 9.47. The minimum Gasteiger partial charge on any atom is -0.354 e. The molecule has 0 aromatic carbocycles. The summed E-state index contributed by atoms with van der Waals surface area (Å²) >= 11 is 0. The molecule has 0 spiro atoms. The molecule has 0 aromatic heterocycles. The molecule has 0 saturated heterocycles. The van der Waals surface area contributed by atoms with Crippen LogP contribution in [0.4, 0.5) is 0 Å². The molecule has 5 heteroatoms. The molecule has 0 unspecified atom stereocenters. The maximum atomic E-state index is 12.3. The minimum atomic E-state index is -0.125. The number of ketones is 1. The smallest absolute Gasteiger partial charge is 0.220 e. The Balaban J connectivity index is 1.35. The van der Waals surface area contributed by atoms with E-state index in [1.807, 2.05) is 0 Å². The average Bonchev–Trinajstić information content (AvgIpc) is 2.47. The zero-order valence-corrected chi connectivity index (χ0v) is 14.7. The first kappa shape index (κ1) is 17.4. The molecule has 4 bridgehead atoms. The van der Waals surface area contributed by atoms with Gasteiger partial charge in [0.2, 0.25) is 11.8 Å². The van der Waals surface area contributed by atoms with Gasteiger partial charge in [-0.1, -0.05) is 0 Å². The molecule has 24 heavy (non-hydrogen) atoms. The van der Waals surface area contributed by atoms with Gasteiger partial charge in [-0.15, -0.1) is 0 Å². The van der Waals surface area contributed by atoms with Crippen molar-refractivity contribution in [1.82, 2.24) is 10.6 Å². The molecule has 4 saturated carbocycles. The van der Waals surface area contributed by atoms with E-state index in [-0.39, 0.29) is 35.9 Å². The quantitative estimate of drug-likeness (QED) is 0.668. The van der Waals surface area contributed by atoms with Crippen molar-refractivity contribution in [3.63, 3.8) is 0 Å². The number of hydrogen-bond donors (Lipinski definition) is 2. The molecule has 0 aromatic rings. The second-order valence-corrected chi connectivity index (χ2v) is 8.50. The lowest BCUT2D eigenvalue weighted by Gasteiger charge is -2.56. The summed E-state index contributed by atoms with van der Waals surface area (Å²) < 4.78 is 0. The van der Waals surface area contributed by atoms with Crippen LogP contribution in [0.3, 0.4) is 0 Å². The first-order valence-electron chi connectivity index (χ1n) is 9.47. The molecule has 134 valence electrons. The molecule has 0 heterocycles. The van der Waals surface area contributed by atoms with E-state index in [4.69, 9.17) is 0 Å². The molecule has 5 nitrogen and oxygen atoms in total. The Hall–Kier alpha value is -1.39. The van der Waals surface area contributed by atoms with Gasteiger partial charge in [-0.3, -0.25) is 9.59 Å². The predicted molar refractivity (Wildman–Crippen MR) is 91.2 cm³/mol. The van der Waals surface area contributed by atoms with Crippen LogP contribution in [0.2, 0.25) is 0 Å². The van der Waals surface area contributed by atoms with E-state index in [1.165, 1.54) is 45.4 Å². The predicted octanol–water partition coefficient (Wildman–Crippen LogP) is 2.19. The summed E-state index contributed by atoms with van der Waals surface area (Å²) in [6.07, 6.45) is 9.10. The SMILES string of the molecule is CC(=O)CCC(=O)NCCNC(=O)CC12CC3CC(CC(C3)C1)C2. The standard InChI is InChI=1S/C19H30N2O3/c1-13(22)2-3-17(23)20-4-5-21-18(24)12-19-9-14-6-15(10-19)8-16(7-14)11-19/h14-16H,2-12H2,1H3,(H,20,23)(H,21,24). The summed E-state index contributed by atoms with van der Waals surface area (Å²) in [6.45, 7) is 2.39. The van der Waals surface area contributed by atoms with Crippen LogP contribution < -0.4 is 10.6 Å². The van der Waals surface area contributed by atoms with Crippen molar-refractivity contribution >= 4 is 17.6 Å². The summed E-state index contributed by atoms with van der Waals surface area (Å²) in [4.78, 5) is 34.7. The molecular formula is C19H30N2O3. The van der Waals surface area contributed by atoms with Crippen LogP contribution in [0.1, 0.15) is 64.7 Å². The maximum Gasteiger partial charge on any atom is 0.220 e. The fourth-order valence-electron chi connectivity index (χ4n) is 5.69. The van der Waals surface area contributed by atoms with Crippen LogP contribution in [-0.4, -0.2) is 30.7 Å². The lowest BCUT2D eigenvalue weighted by atomic mass is 9.49. The van der Waals surface area contributed by atoms with Crippen molar-refractivity contribution in [2.75, 3.05) is 13.1 Å². The van der Waals surface area contributed by atoms with Gasteiger partial charge in [-0.2, -0.15) is 0 Å². The Morgan fingerprint density at radius 3 is 1.83 bits per heavy atom. The van der Waals surface area contributed by atoms with Crippen molar-refractivity contribution in [2.24, 2.45) is 23.2 Å². The van der Waals surface area contributed by atoms with Gasteiger partial charge < -0.3 is 15.4 Å². The number of carbonyl (C=O) groups excluding carboxylic acids is 3. The van der Waals surface area contributed by atoms with Gasteiger partial charge in [-0.05, 0) is 68.6 Å². The second kappa shape index (κ2) is 7.24. The topological polar surface area (TPSA) is 75.3 Å². The average molecular weight is 334 g/mol. The van der Waals surface area contributed by atoms with E-state index >= 15 is 0 Å². The van der Waals surface area contributed by atoms with Crippen LogP contribution in [0.5, 0.6) is 0 Å². The Bertz CT molecular complexity index is 479. The lowest BCUT2D eigenvalue weighted by molar-refractivity contribution is -0.129. The van der Waals surface area contributed by atoms with E-state index < -0.39 is 0 Å². The Labute approximate surface area is 144 Å². The monoisotopic (exact) mass is 334 g/mol. The normalized spacial score (nSPS) is 33.3. The fraction of sp³-hybridized carbons (Fsp3) is 0.842. The molecule has 4 aliphatic carbocycles. The summed E-state index contributed by atoms with van der Waals surface area (Å²) in [7, 11) is 0. The van der Waals surface area contributed by atoms with Gasteiger partial charge >= 0.3 is 0 Å². The molecule has 4 fully saturated rings. The lowest BCUT2D eigenvalue weighted by Crippen LogP contribution is -2.48. The number of nitrogens with one attached hydrogen (secondary N) is 2. The molecule has 4 aliphatic rings. The second-order valence-electron chi connectivity index (χ2n) is 8.50. The van der Waals surface area contributed by atoms with Gasteiger partial charge in [0.1, 0.15) is 5.78 Å². The Morgan fingerprint density at radius 1 is 0.833 bits per heavy atom. The van der Waals surface area contributed by atoms with Crippen LogP contribution in [0.15, 0.2) is 0 Å². The van der Waals surface area contributed by atoms with Crippen molar-refractivity contribution in [2.45, 2.75) is 64.7 Å². The fourth-order valence-corrected chi connectivity index (χ4v) is 5.69. The van der Waals surface area contributed by atoms with Crippen molar-refractivity contribution in [3.8, 4) is 0 Å². The third kappa shape index (κ3) is 4.37. The van der Waals surface area contributed by atoms with Crippen LogP contribution in [0.25, 0.3) is 0 Å². The van der Waals surface area contributed by atoms with Crippen LogP contribution in [0, 0.1) is 23.2 Å². The van der Waals surface area contributed by atoms with Gasteiger partial charge in [0.25, 0.3) is 0 Å². The van der Waals surface area contributed by atoms with E-state index in [0.29, 0.717) is 19.5 Å². The molecule has 2 amide bonds. The summed E-state index contributed by atoms with van der Waals surface area (Å²) in [5.74, 6) is 2.63. The number of Topliss-reactive ketones (excluding diaryl/α,β-unsaturated/α-hetero) is 1. The van der Waals surface area contributed by atoms with Crippen LogP contribution >= 0.6 is 0 Å². The van der Waals surface area contributed by atoms with E-state index in [0.717, 1.165) is 17.8 Å². The van der Waals surface area contributed by atoms with E-state index in [9.17, 15) is 14.4 Å². The van der Waals surface area contributed by atoms with Crippen molar-refractivity contribution in [1.29, 1.82) is 0 Å². The minimum absolute atomic E-state index is 0.0222. The highest BCUT2D eigenvalue weighted by Crippen LogP contribution is 2.61. The largest absolute Gasteiger partial charge is 0.354 e. The van der Waals surface area contributed by atoms with Gasteiger partial charge in [0, 0.05) is 32.4 Å². The third-order valence-corrected chi connectivity index (χ3v) is 6.17. The van der Waals surface area contributed by atoms with E-state index in [2.05, 4.69) is 10.6 Å². The molecule has 0 aliphatic heterocycles. The highest BCUT2D eigenvalue weighted by molar-refractivity contribution is 5.83. The molecule has 0 radical (unpaired) electrons. The Kier molecular flexibility index (Phi) is 5.26. The summed E-state index contributed by atoms with van der Waals surface area (Å²) in [6, 6.07) is 0. The molecule has 2 N–H and O–H groups in total. The van der Waals surface area contributed by atoms with Crippen LogP contribution in [-0.2, 0) is 14.4 Å². The van der Waals surface area contributed by atoms with Crippen molar-refractivity contribution in [3.05, 3.63) is 0 Å².